The zero-order valence-electron chi connectivity index (χ0n) is 19.5. The summed E-state index contributed by atoms with van der Waals surface area (Å²) in [4.78, 5) is 26.9. The van der Waals surface area contributed by atoms with Gasteiger partial charge in [0.15, 0.2) is 0 Å². The van der Waals surface area contributed by atoms with E-state index in [0.717, 1.165) is 56.3 Å². The van der Waals surface area contributed by atoms with E-state index >= 15 is 0 Å². The van der Waals surface area contributed by atoms with Crippen LogP contribution in [0.15, 0.2) is 53.4 Å². The highest BCUT2D eigenvalue weighted by molar-refractivity contribution is 7.89. The smallest absolute Gasteiger partial charge is 0.243 e. The van der Waals surface area contributed by atoms with Crippen molar-refractivity contribution in [3.05, 3.63) is 59.7 Å². The van der Waals surface area contributed by atoms with Gasteiger partial charge in [-0.2, -0.15) is 4.31 Å². The van der Waals surface area contributed by atoms with Gasteiger partial charge in [0, 0.05) is 38.3 Å². The molecule has 0 radical (unpaired) electrons. The van der Waals surface area contributed by atoms with Crippen LogP contribution in [0, 0.1) is 0 Å². The Labute approximate surface area is 202 Å². The van der Waals surface area contributed by atoms with Crippen LogP contribution < -0.4 is 5.32 Å². The summed E-state index contributed by atoms with van der Waals surface area (Å²) >= 11 is 0. The SMILES string of the molecule is O=C(CCc1ccc(S(=O)(=O)N2CCCCC2)cc1)Nc1ccc(CC(=O)N2CCCC2)cc1. The molecule has 2 aliphatic heterocycles. The molecule has 34 heavy (non-hydrogen) atoms. The van der Waals surface area contributed by atoms with Gasteiger partial charge < -0.3 is 10.2 Å². The number of hydrogen-bond donors (Lipinski definition) is 1. The van der Waals surface area contributed by atoms with Crippen LogP contribution in [0.5, 0.6) is 0 Å². The number of nitrogens with one attached hydrogen (secondary N) is 1. The fourth-order valence-corrected chi connectivity index (χ4v) is 6.04. The third kappa shape index (κ3) is 6.24. The van der Waals surface area contributed by atoms with Crippen LogP contribution in [-0.4, -0.2) is 55.6 Å². The average Bonchev–Trinajstić information content (AvgIpc) is 3.40. The molecule has 2 saturated heterocycles. The van der Waals surface area contributed by atoms with Gasteiger partial charge in [-0.25, -0.2) is 8.42 Å². The quantitative estimate of drug-likeness (QED) is 0.622. The summed E-state index contributed by atoms with van der Waals surface area (Å²) < 4.78 is 27.1. The van der Waals surface area contributed by atoms with Crippen molar-refractivity contribution in [1.82, 2.24) is 9.21 Å². The predicted octanol–water partition coefficient (Wildman–Crippen LogP) is 3.60. The summed E-state index contributed by atoms with van der Waals surface area (Å²) in [6.45, 7) is 2.87. The number of benzene rings is 2. The number of likely N-dealkylation sites (tertiary alicyclic amines) is 1. The molecule has 4 rings (SSSR count). The second-order valence-electron chi connectivity index (χ2n) is 9.12. The number of anilines is 1. The van der Waals surface area contributed by atoms with E-state index in [1.54, 1.807) is 28.6 Å². The molecule has 0 aromatic heterocycles. The van der Waals surface area contributed by atoms with Crippen molar-refractivity contribution in [3.63, 3.8) is 0 Å². The van der Waals surface area contributed by atoms with Crippen molar-refractivity contribution in [2.24, 2.45) is 0 Å². The molecule has 2 aromatic carbocycles. The van der Waals surface area contributed by atoms with Gasteiger partial charge in [-0.15, -0.1) is 0 Å². The lowest BCUT2D eigenvalue weighted by molar-refractivity contribution is -0.129. The summed E-state index contributed by atoms with van der Waals surface area (Å²) in [5.41, 5.74) is 2.56. The van der Waals surface area contributed by atoms with E-state index in [1.807, 2.05) is 29.2 Å². The van der Waals surface area contributed by atoms with Gasteiger partial charge in [0.05, 0.1) is 11.3 Å². The molecule has 8 heteroatoms. The van der Waals surface area contributed by atoms with Crippen molar-refractivity contribution >= 4 is 27.5 Å². The van der Waals surface area contributed by atoms with Crippen molar-refractivity contribution in [1.29, 1.82) is 0 Å². The number of amides is 2. The zero-order chi connectivity index (χ0) is 24.0. The molecule has 0 saturated carbocycles. The lowest BCUT2D eigenvalue weighted by atomic mass is 10.1. The third-order valence-electron chi connectivity index (χ3n) is 6.57. The minimum Gasteiger partial charge on any atom is -0.342 e. The fourth-order valence-electron chi connectivity index (χ4n) is 4.52. The van der Waals surface area contributed by atoms with Gasteiger partial charge in [0.1, 0.15) is 0 Å². The first-order chi connectivity index (χ1) is 16.4. The second-order valence-corrected chi connectivity index (χ2v) is 11.1. The topological polar surface area (TPSA) is 86.8 Å². The number of rotatable bonds is 8. The van der Waals surface area contributed by atoms with Gasteiger partial charge in [-0.05, 0) is 67.5 Å². The Morgan fingerprint density at radius 1 is 0.765 bits per heavy atom. The summed E-state index contributed by atoms with van der Waals surface area (Å²) in [7, 11) is -3.44. The summed E-state index contributed by atoms with van der Waals surface area (Å²) in [5.74, 6) is 0.0509. The lowest BCUT2D eigenvalue weighted by Crippen LogP contribution is -2.35. The molecule has 7 nitrogen and oxygen atoms in total. The molecule has 2 heterocycles. The van der Waals surface area contributed by atoms with Crippen LogP contribution in [0.3, 0.4) is 0 Å². The van der Waals surface area contributed by atoms with Gasteiger partial charge in [0.2, 0.25) is 21.8 Å². The van der Waals surface area contributed by atoms with Crippen molar-refractivity contribution in [3.8, 4) is 0 Å². The van der Waals surface area contributed by atoms with Gasteiger partial charge in [-0.3, -0.25) is 9.59 Å². The molecule has 1 N–H and O–H groups in total. The Morgan fingerprint density at radius 3 is 2.00 bits per heavy atom. The van der Waals surface area contributed by atoms with E-state index < -0.39 is 10.0 Å². The van der Waals surface area contributed by atoms with Crippen LogP contribution in [-0.2, 0) is 32.5 Å². The van der Waals surface area contributed by atoms with Gasteiger partial charge in [-0.1, -0.05) is 30.7 Å². The maximum absolute atomic E-state index is 12.8. The minimum absolute atomic E-state index is 0.106. The molecule has 2 amide bonds. The van der Waals surface area contributed by atoms with Crippen LogP contribution in [0.1, 0.15) is 49.7 Å². The maximum Gasteiger partial charge on any atom is 0.243 e. The standard InChI is InChI=1S/C26H33N3O4S/c30-25(27-23-11-6-22(7-12-23)20-26(31)28-16-4-5-17-28)15-10-21-8-13-24(14-9-21)34(32,33)29-18-2-1-3-19-29/h6-9,11-14H,1-5,10,15-20H2,(H,27,30). The molecule has 0 unspecified atom stereocenters. The maximum atomic E-state index is 12.8. The van der Waals surface area contributed by atoms with Crippen LogP contribution in [0.2, 0.25) is 0 Å². The monoisotopic (exact) mass is 483 g/mol. The van der Waals surface area contributed by atoms with Crippen LogP contribution >= 0.6 is 0 Å². The Bertz CT molecular complexity index is 1090. The number of aryl methyl sites for hydroxylation is 1. The van der Waals surface area contributed by atoms with Gasteiger partial charge >= 0.3 is 0 Å². The van der Waals surface area contributed by atoms with Gasteiger partial charge in [0.25, 0.3) is 0 Å². The van der Waals surface area contributed by atoms with E-state index in [4.69, 9.17) is 0 Å². The molecule has 182 valence electrons. The fraction of sp³-hybridized carbons (Fsp3) is 0.462. The summed E-state index contributed by atoms with van der Waals surface area (Å²) in [6, 6.07) is 14.3. The second kappa shape index (κ2) is 11.1. The van der Waals surface area contributed by atoms with E-state index in [1.165, 1.54) is 0 Å². The largest absolute Gasteiger partial charge is 0.342 e. The molecular formula is C26H33N3O4S. The number of carbonyl (C=O) groups excluding carboxylic acids is 2. The van der Waals surface area contributed by atoms with Crippen LogP contribution in [0.4, 0.5) is 5.69 Å². The predicted molar refractivity (Wildman–Crippen MR) is 132 cm³/mol. The molecule has 0 spiro atoms. The minimum atomic E-state index is -3.44. The summed E-state index contributed by atoms with van der Waals surface area (Å²) in [6.07, 6.45) is 6.27. The number of carbonyl (C=O) groups is 2. The molecule has 0 atom stereocenters. The highest BCUT2D eigenvalue weighted by atomic mass is 32.2. The molecule has 0 aliphatic carbocycles. The van der Waals surface area contributed by atoms with E-state index in [-0.39, 0.29) is 11.8 Å². The Balaban J connectivity index is 1.24. The number of piperidine rings is 1. The van der Waals surface area contributed by atoms with Crippen molar-refractivity contribution in [2.75, 3.05) is 31.5 Å². The zero-order valence-corrected chi connectivity index (χ0v) is 20.4. The van der Waals surface area contributed by atoms with Crippen molar-refractivity contribution in [2.45, 2.75) is 56.3 Å². The number of nitrogens with zero attached hydrogens (tertiary/aromatic N) is 2. The Hall–Kier alpha value is -2.71. The number of sulfonamides is 1. The molecule has 2 aliphatic rings. The third-order valence-corrected chi connectivity index (χ3v) is 8.48. The first-order valence-electron chi connectivity index (χ1n) is 12.2. The normalized spacial score (nSPS) is 17.0. The number of hydrogen-bond acceptors (Lipinski definition) is 4. The first kappa shape index (κ1) is 24.4. The van der Waals surface area contributed by atoms with E-state index in [9.17, 15) is 18.0 Å². The highest BCUT2D eigenvalue weighted by Crippen LogP contribution is 2.21. The summed E-state index contributed by atoms with van der Waals surface area (Å²) in [5, 5.41) is 2.89. The van der Waals surface area contributed by atoms with Crippen LogP contribution in [0.25, 0.3) is 0 Å². The van der Waals surface area contributed by atoms with E-state index in [2.05, 4.69) is 5.32 Å². The Morgan fingerprint density at radius 2 is 1.35 bits per heavy atom. The molecule has 2 aromatic rings. The lowest BCUT2D eigenvalue weighted by Gasteiger charge is -2.25. The Kier molecular flexibility index (Phi) is 8.00. The molecular weight excluding hydrogens is 450 g/mol. The average molecular weight is 484 g/mol. The first-order valence-corrected chi connectivity index (χ1v) is 13.6. The van der Waals surface area contributed by atoms with Crippen molar-refractivity contribution < 1.29 is 18.0 Å². The molecule has 0 bridgehead atoms. The highest BCUT2D eigenvalue weighted by Gasteiger charge is 2.25. The molecule has 2 fully saturated rings. The van der Waals surface area contributed by atoms with E-state index in [0.29, 0.717) is 42.9 Å².